The van der Waals surface area contributed by atoms with Crippen LogP contribution in [0.4, 0.5) is 0 Å². The number of para-hydroxylation sites is 1. The van der Waals surface area contributed by atoms with Crippen LogP contribution in [0.5, 0.6) is 11.5 Å². The number of nitrogens with zero attached hydrogens (tertiary/aromatic N) is 2. The molecule has 1 heterocycles. The Kier molecular flexibility index (Phi) is 5.93. The largest absolute Gasteiger partial charge is 0.497 e. The minimum atomic E-state index is -0.132. The predicted molar refractivity (Wildman–Crippen MR) is 120 cm³/mol. The van der Waals surface area contributed by atoms with Gasteiger partial charge in [0, 0.05) is 16.7 Å². The Hall–Kier alpha value is -3.02. The number of fused-ring (bicyclic) bond motifs is 1. The normalized spacial score (nSPS) is 10.9. The fourth-order valence-corrected chi connectivity index (χ4v) is 3.50. The molecule has 0 bridgehead atoms. The first-order chi connectivity index (χ1) is 14.6. The van der Waals surface area contributed by atoms with Crippen molar-refractivity contribution in [1.29, 1.82) is 0 Å². The Morgan fingerprint density at radius 1 is 1.00 bits per heavy atom. The molecule has 0 radical (unpaired) electrons. The van der Waals surface area contributed by atoms with Crippen LogP contribution in [-0.4, -0.2) is 23.3 Å². The number of hydrogen-bond acceptors (Lipinski definition) is 4. The SMILES string of the molecule is COc1ccc(-c2nc3ccccc3c(=O)n2CCOc2cc(Cl)ccc2Cl)cc1. The van der Waals surface area contributed by atoms with E-state index >= 15 is 0 Å². The van der Waals surface area contributed by atoms with Gasteiger partial charge in [0.15, 0.2) is 0 Å². The second kappa shape index (κ2) is 8.78. The summed E-state index contributed by atoms with van der Waals surface area (Å²) in [4.78, 5) is 17.9. The molecule has 0 aliphatic carbocycles. The summed E-state index contributed by atoms with van der Waals surface area (Å²) in [6.07, 6.45) is 0. The van der Waals surface area contributed by atoms with Gasteiger partial charge in [-0.2, -0.15) is 0 Å². The molecule has 0 aliphatic rings. The molecule has 1 aromatic heterocycles. The number of rotatable bonds is 6. The predicted octanol–water partition coefficient (Wildman–Crippen LogP) is 5.46. The summed E-state index contributed by atoms with van der Waals surface area (Å²) in [5.74, 6) is 1.76. The van der Waals surface area contributed by atoms with Gasteiger partial charge in [0.25, 0.3) is 5.56 Å². The van der Waals surface area contributed by atoms with Crippen LogP contribution in [0.2, 0.25) is 10.0 Å². The minimum absolute atomic E-state index is 0.132. The monoisotopic (exact) mass is 440 g/mol. The van der Waals surface area contributed by atoms with Gasteiger partial charge in [-0.25, -0.2) is 4.98 Å². The first-order valence-corrected chi connectivity index (χ1v) is 10.0. The number of halogens is 2. The van der Waals surface area contributed by atoms with Crippen molar-refractivity contribution >= 4 is 34.1 Å². The van der Waals surface area contributed by atoms with E-state index in [1.54, 1.807) is 35.9 Å². The van der Waals surface area contributed by atoms with E-state index in [-0.39, 0.29) is 12.2 Å². The lowest BCUT2D eigenvalue weighted by Crippen LogP contribution is -2.26. The first kappa shape index (κ1) is 20.3. The van der Waals surface area contributed by atoms with Crippen LogP contribution in [0.1, 0.15) is 0 Å². The van der Waals surface area contributed by atoms with Gasteiger partial charge in [-0.3, -0.25) is 9.36 Å². The van der Waals surface area contributed by atoms with Gasteiger partial charge in [-0.05, 0) is 48.5 Å². The van der Waals surface area contributed by atoms with E-state index in [2.05, 4.69) is 0 Å². The van der Waals surface area contributed by atoms with Crippen LogP contribution in [-0.2, 0) is 6.54 Å². The zero-order valence-corrected chi connectivity index (χ0v) is 17.7. The third-order valence-electron chi connectivity index (χ3n) is 4.68. The fourth-order valence-electron chi connectivity index (χ4n) is 3.17. The van der Waals surface area contributed by atoms with E-state index in [9.17, 15) is 4.79 Å². The second-order valence-electron chi connectivity index (χ2n) is 6.56. The van der Waals surface area contributed by atoms with Crippen molar-refractivity contribution in [3.8, 4) is 22.9 Å². The van der Waals surface area contributed by atoms with Crippen LogP contribution in [0.3, 0.4) is 0 Å². The van der Waals surface area contributed by atoms with Gasteiger partial charge in [-0.15, -0.1) is 0 Å². The summed E-state index contributed by atoms with van der Waals surface area (Å²) in [6, 6.07) is 19.7. The molecule has 0 unspecified atom stereocenters. The highest BCUT2D eigenvalue weighted by Gasteiger charge is 2.13. The summed E-state index contributed by atoms with van der Waals surface area (Å²) in [5.41, 5.74) is 1.31. The molecule has 0 amide bonds. The lowest BCUT2D eigenvalue weighted by molar-refractivity contribution is 0.297. The number of aromatic nitrogens is 2. The lowest BCUT2D eigenvalue weighted by Gasteiger charge is -2.15. The topological polar surface area (TPSA) is 53.3 Å². The van der Waals surface area contributed by atoms with Crippen LogP contribution < -0.4 is 15.0 Å². The summed E-state index contributed by atoms with van der Waals surface area (Å²) in [6.45, 7) is 0.518. The fraction of sp³-hybridized carbons (Fsp3) is 0.130. The summed E-state index contributed by atoms with van der Waals surface area (Å²) >= 11 is 12.2. The smallest absolute Gasteiger partial charge is 0.261 e. The van der Waals surface area contributed by atoms with Gasteiger partial charge in [0.05, 0.1) is 29.6 Å². The van der Waals surface area contributed by atoms with E-state index in [0.717, 1.165) is 11.3 Å². The average molecular weight is 441 g/mol. The molecule has 4 aromatic rings. The quantitative estimate of drug-likeness (QED) is 0.399. The molecular weight excluding hydrogens is 423 g/mol. The lowest BCUT2D eigenvalue weighted by atomic mass is 10.1. The van der Waals surface area contributed by atoms with Gasteiger partial charge in [0.1, 0.15) is 23.9 Å². The molecule has 0 fully saturated rings. The molecule has 0 saturated carbocycles. The van der Waals surface area contributed by atoms with Gasteiger partial charge in [-0.1, -0.05) is 35.3 Å². The molecule has 5 nitrogen and oxygen atoms in total. The molecule has 0 spiro atoms. The number of hydrogen-bond donors (Lipinski definition) is 0. The average Bonchev–Trinajstić information content (AvgIpc) is 2.77. The van der Waals surface area contributed by atoms with Crippen molar-refractivity contribution in [2.45, 2.75) is 6.54 Å². The van der Waals surface area contributed by atoms with Gasteiger partial charge in [0.2, 0.25) is 0 Å². The third-order valence-corrected chi connectivity index (χ3v) is 5.22. The second-order valence-corrected chi connectivity index (χ2v) is 7.40. The Morgan fingerprint density at radius 3 is 2.53 bits per heavy atom. The van der Waals surface area contributed by atoms with E-state index in [4.69, 9.17) is 37.7 Å². The van der Waals surface area contributed by atoms with E-state index < -0.39 is 0 Å². The van der Waals surface area contributed by atoms with Crippen molar-refractivity contribution in [2.24, 2.45) is 0 Å². The molecule has 7 heteroatoms. The molecular formula is C23H18Cl2N2O3. The maximum atomic E-state index is 13.2. The Bertz CT molecular complexity index is 1250. The molecule has 0 saturated heterocycles. The van der Waals surface area contributed by atoms with Crippen LogP contribution in [0.15, 0.2) is 71.5 Å². The highest BCUT2D eigenvalue weighted by atomic mass is 35.5. The highest BCUT2D eigenvalue weighted by molar-refractivity contribution is 6.34. The summed E-state index contributed by atoms with van der Waals surface area (Å²) in [7, 11) is 1.61. The van der Waals surface area contributed by atoms with Crippen LogP contribution in [0, 0.1) is 0 Å². The maximum absolute atomic E-state index is 13.2. The van der Waals surface area contributed by atoms with Gasteiger partial charge < -0.3 is 9.47 Å². The Balaban J connectivity index is 1.72. The maximum Gasteiger partial charge on any atom is 0.261 e. The number of benzene rings is 3. The molecule has 0 atom stereocenters. The highest BCUT2D eigenvalue weighted by Crippen LogP contribution is 2.28. The van der Waals surface area contributed by atoms with Crippen LogP contribution in [0.25, 0.3) is 22.3 Å². The molecule has 152 valence electrons. The van der Waals surface area contributed by atoms with E-state index in [0.29, 0.717) is 39.1 Å². The van der Waals surface area contributed by atoms with E-state index in [1.807, 2.05) is 42.5 Å². The molecule has 0 N–H and O–H groups in total. The summed E-state index contributed by atoms with van der Waals surface area (Å²) < 4.78 is 12.6. The van der Waals surface area contributed by atoms with Gasteiger partial charge >= 0.3 is 0 Å². The van der Waals surface area contributed by atoms with Crippen molar-refractivity contribution in [1.82, 2.24) is 9.55 Å². The number of methoxy groups -OCH3 is 1. The van der Waals surface area contributed by atoms with Crippen molar-refractivity contribution < 1.29 is 9.47 Å². The molecule has 0 aliphatic heterocycles. The first-order valence-electron chi connectivity index (χ1n) is 9.28. The third kappa shape index (κ3) is 4.13. The van der Waals surface area contributed by atoms with Crippen molar-refractivity contribution in [3.63, 3.8) is 0 Å². The molecule has 30 heavy (non-hydrogen) atoms. The standard InChI is InChI=1S/C23H18Cl2N2O3/c1-29-17-9-6-15(7-10-17)22-26-20-5-3-2-4-18(20)23(28)27(22)12-13-30-21-14-16(24)8-11-19(21)25/h2-11,14H,12-13H2,1H3. The van der Waals surface area contributed by atoms with E-state index in [1.165, 1.54) is 0 Å². The van der Waals surface area contributed by atoms with Crippen LogP contribution >= 0.6 is 23.2 Å². The minimum Gasteiger partial charge on any atom is -0.497 e. The summed E-state index contributed by atoms with van der Waals surface area (Å²) in [5, 5.41) is 1.53. The van der Waals surface area contributed by atoms with Crippen molar-refractivity contribution in [3.05, 3.63) is 87.1 Å². The number of ether oxygens (including phenoxy) is 2. The van der Waals surface area contributed by atoms with Crippen molar-refractivity contribution in [2.75, 3.05) is 13.7 Å². The Labute approximate surface area is 183 Å². The molecule has 4 rings (SSSR count). The Morgan fingerprint density at radius 2 is 1.77 bits per heavy atom. The molecule has 3 aromatic carbocycles. The zero-order chi connectivity index (χ0) is 21.1. The zero-order valence-electron chi connectivity index (χ0n) is 16.1.